The molecule has 0 amide bonds. The molecule has 2 N–H and O–H groups in total. The molecule has 0 saturated heterocycles. The summed E-state index contributed by atoms with van der Waals surface area (Å²) in [4.78, 5) is 3.25. The van der Waals surface area contributed by atoms with E-state index in [9.17, 15) is 4.39 Å². The summed E-state index contributed by atoms with van der Waals surface area (Å²) in [5.74, 6) is -0.177. The van der Waals surface area contributed by atoms with Gasteiger partial charge in [-0.05, 0) is 36.7 Å². The van der Waals surface area contributed by atoms with Crippen molar-refractivity contribution in [3.63, 3.8) is 0 Å². The first-order chi connectivity index (χ1) is 6.84. The molecule has 0 unspecified atom stereocenters. The molecule has 1 aromatic heterocycles. The second kappa shape index (κ2) is 2.82. The van der Waals surface area contributed by atoms with Crippen molar-refractivity contribution in [2.75, 3.05) is 6.54 Å². The van der Waals surface area contributed by atoms with Gasteiger partial charge >= 0.3 is 0 Å². The first-order valence-corrected chi connectivity index (χ1v) is 4.84. The maximum absolute atomic E-state index is 13.0. The fourth-order valence-corrected chi connectivity index (χ4v) is 2.15. The van der Waals surface area contributed by atoms with Gasteiger partial charge in [-0.3, -0.25) is 0 Å². The van der Waals surface area contributed by atoms with Crippen LogP contribution in [0.3, 0.4) is 0 Å². The number of benzene rings is 1. The standard InChI is InChI=1S/C11H11FN2/c12-7-1-2-8-9-3-4-13-6-11(9)14-10(8)5-7/h1-2,5,13-14H,3-4,6H2. The monoisotopic (exact) mass is 190 g/mol. The van der Waals surface area contributed by atoms with E-state index in [2.05, 4.69) is 10.3 Å². The summed E-state index contributed by atoms with van der Waals surface area (Å²) in [7, 11) is 0. The largest absolute Gasteiger partial charge is 0.357 e. The van der Waals surface area contributed by atoms with Crippen LogP contribution < -0.4 is 5.32 Å². The van der Waals surface area contributed by atoms with Crippen LogP contribution in [0.1, 0.15) is 11.3 Å². The Morgan fingerprint density at radius 3 is 3.14 bits per heavy atom. The van der Waals surface area contributed by atoms with Crippen molar-refractivity contribution in [1.82, 2.24) is 10.3 Å². The van der Waals surface area contributed by atoms with Gasteiger partial charge in [0, 0.05) is 23.1 Å². The highest BCUT2D eigenvalue weighted by Gasteiger charge is 2.14. The molecule has 1 aliphatic heterocycles. The molecule has 0 bridgehead atoms. The molecular weight excluding hydrogens is 179 g/mol. The van der Waals surface area contributed by atoms with Gasteiger partial charge in [0.05, 0.1) is 0 Å². The van der Waals surface area contributed by atoms with E-state index in [4.69, 9.17) is 0 Å². The van der Waals surface area contributed by atoms with Crippen molar-refractivity contribution in [3.8, 4) is 0 Å². The fraction of sp³-hybridized carbons (Fsp3) is 0.273. The average Bonchev–Trinajstić information content (AvgIpc) is 2.54. The zero-order chi connectivity index (χ0) is 9.54. The molecule has 72 valence electrons. The van der Waals surface area contributed by atoms with Crippen molar-refractivity contribution in [3.05, 3.63) is 35.3 Å². The molecule has 3 heteroatoms. The van der Waals surface area contributed by atoms with Crippen LogP contribution in [0.5, 0.6) is 0 Å². The lowest BCUT2D eigenvalue weighted by Gasteiger charge is -2.12. The number of hydrogen-bond acceptors (Lipinski definition) is 1. The lowest BCUT2D eigenvalue weighted by Crippen LogP contribution is -2.22. The first kappa shape index (κ1) is 8.00. The van der Waals surface area contributed by atoms with Gasteiger partial charge in [-0.15, -0.1) is 0 Å². The van der Waals surface area contributed by atoms with Gasteiger partial charge < -0.3 is 10.3 Å². The Morgan fingerprint density at radius 1 is 1.29 bits per heavy atom. The normalized spacial score (nSPS) is 15.8. The highest BCUT2D eigenvalue weighted by molar-refractivity contribution is 5.84. The lowest BCUT2D eigenvalue weighted by atomic mass is 10.0. The molecule has 0 atom stereocenters. The van der Waals surface area contributed by atoms with Crippen LogP contribution in [0.4, 0.5) is 4.39 Å². The van der Waals surface area contributed by atoms with Crippen molar-refractivity contribution in [2.45, 2.75) is 13.0 Å². The van der Waals surface area contributed by atoms with E-state index < -0.39 is 0 Å². The zero-order valence-corrected chi connectivity index (χ0v) is 7.73. The van der Waals surface area contributed by atoms with Crippen LogP contribution >= 0.6 is 0 Å². The summed E-state index contributed by atoms with van der Waals surface area (Å²) in [6, 6.07) is 4.96. The summed E-state index contributed by atoms with van der Waals surface area (Å²) in [6.07, 6.45) is 1.03. The lowest BCUT2D eigenvalue weighted by molar-refractivity contribution is 0.629. The quantitative estimate of drug-likeness (QED) is 0.653. The van der Waals surface area contributed by atoms with Crippen LogP contribution in [0, 0.1) is 5.82 Å². The number of rotatable bonds is 0. The molecule has 2 aromatic rings. The van der Waals surface area contributed by atoms with Gasteiger partial charge in [-0.2, -0.15) is 0 Å². The van der Waals surface area contributed by atoms with E-state index in [1.165, 1.54) is 22.7 Å². The molecular formula is C11H11FN2. The van der Waals surface area contributed by atoms with E-state index in [0.29, 0.717) is 0 Å². The smallest absolute Gasteiger partial charge is 0.125 e. The summed E-state index contributed by atoms with van der Waals surface area (Å²) in [6.45, 7) is 1.88. The van der Waals surface area contributed by atoms with Gasteiger partial charge in [0.25, 0.3) is 0 Å². The maximum atomic E-state index is 13.0. The number of nitrogens with one attached hydrogen (secondary N) is 2. The Labute approximate surface area is 81.1 Å². The number of halogens is 1. The van der Waals surface area contributed by atoms with Gasteiger partial charge in [-0.25, -0.2) is 4.39 Å². The third-order valence-electron chi connectivity index (χ3n) is 2.81. The molecule has 1 aliphatic rings. The Balaban J connectivity index is 2.31. The maximum Gasteiger partial charge on any atom is 0.125 e. The van der Waals surface area contributed by atoms with E-state index in [1.54, 1.807) is 6.07 Å². The summed E-state index contributed by atoms with van der Waals surface area (Å²) in [5.41, 5.74) is 3.47. The third kappa shape index (κ3) is 1.06. The number of aromatic nitrogens is 1. The van der Waals surface area contributed by atoms with Crippen LogP contribution in [0.15, 0.2) is 18.2 Å². The van der Waals surface area contributed by atoms with Crippen LogP contribution in [-0.2, 0) is 13.0 Å². The predicted octanol–water partition coefficient (Wildman–Crippen LogP) is 1.95. The minimum atomic E-state index is -0.177. The van der Waals surface area contributed by atoms with Crippen LogP contribution in [0.2, 0.25) is 0 Å². The highest BCUT2D eigenvalue weighted by atomic mass is 19.1. The van der Waals surface area contributed by atoms with E-state index in [0.717, 1.165) is 25.0 Å². The molecule has 14 heavy (non-hydrogen) atoms. The summed E-state index contributed by atoms with van der Waals surface area (Å²) >= 11 is 0. The Bertz CT molecular complexity index is 487. The number of fused-ring (bicyclic) bond motifs is 3. The molecule has 1 aromatic carbocycles. The van der Waals surface area contributed by atoms with E-state index >= 15 is 0 Å². The minimum Gasteiger partial charge on any atom is -0.357 e. The molecule has 2 nitrogen and oxygen atoms in total. The van der Waals surface area contributed by atoms with Gasteiger partial charge in [0.15, 0.2) is 0 Å². The average molecular weight is 190 g/mol. The van der Waals surface area contributed by atoms with Crippen molar-refractivity contribution in [1.29, 1.82) is 0 Å². The second-order valence-electron chi connectivity index (χ2n) is 3.70. The Morgan fingerprint density at radius 2 is 2.21 bits per heavy atom. The van der Waals surface area contributed by atoms with Crippen LogP contribution in [-0.4, -0.2) is 11.5 Å². The Hall–Kier alpha value is -1.35. The van der Waals surface area contributed by atoms with E-state index in [1.807, 2.05) is 6.07 Å². The summed E-state index contributed by atoms with van der Waals surface area (Å²) in [5, 5.41) is 4.46. The third-order valence-corrected chi connectivity index (χ3v) is 2.81. The Kier molecular flexibility index (Phi) is 1.61. The topological polar surface area (TPSA) is 27.8 Å². The SMILES string of the molecule is Fc1ccc2c3c([nH]c2c1)CNCC3. The number of H-pyrrole nitrogens is 1. The van der Waals surface area contributed by atoms with Crippen molar-refractivity contribution < 1.29 is 4.39 Å². The van der Waals surface area contributed by atoms with E-state index in [-0.39, 0.29) is 5.82 Å². The van der Waals surface area contributed by atoms with Crippen molar-refractivity contribution >= 4 is 10.9 Å². The highest BCUT2D eigenvalue weighted by Crippen LogP contribution is 2.25. The predicted molar refractivity (Wildman–Crippen MR) is 53.7 cm³/mol. The molecule has 0 radical (unpaired) electrons. The number of hydrogen-bond donors (Lipinski definition) is 2. The van der Waals surface area contributed by atoms with Gasteiger partial charge in [0.1, 0.15) is 5.82 Å². The fourth-order valence-electron chi connectivity index (χ4n) is 2.15. The molecule has 3 rings (SSSR count). The molecule has 0 saturated carbocycles. The summed E-state index contributed by atoms with van der Waals surface area (Å²) < 4.78 is 13.0. The molecule has 2 heterocycles. The number of aromatic amines is 1. The van der Waals surface area contributed by atoms with Crippen LogP contribution in [0.25, 0.3) is 10.9 Å². The van der Waals surface area contributed by atoms with Gasteiger partial charge in [0.2, 0.25) is 0 Å². The molecule has 0 aliphatic carbocycles. The van der Waals surface area contributed by atoms with Crippen molar-refractivity contribution in [2.24, 2.45) is 0 Å². The molecule has 0 fully saturated rings. The van der Waals surface area contributed by atoms with Gasteiger partial charge in [-0.1, -0.05) is 0 Å². The minimum absolute atomic E-state index is 0.177. The molecule has 0 spiro atoms. The first-order valence-electron chi connectivity index (χ1n) is 4.84. The zero-order valence-electron chi connectivity index (χ0n) is 7.73. The second-order valence-corrected chi connectivity index (χ2v) is 3.70.